The lowest BCUT2D eigenvalue weighted by Gasteiger charge is -2.01. The van der Waals surface area contributed by atoms with Gasteiger partial charge in [0, 0.05) is 11.5 Å². The van der Waals surface area contributed by atoms with Crippen LogP contribution in [-0.2, 0) is 0 Å². The van der Waals surface area contributed by atoms with Crippen molar-refractivity contribution >= 4 is 22.8 Å². The van der Waals surface area contributed by atoms with E-state index in [1.165, 1.54) is 18.4 Å². The van der Waals surface area contributed by atoms with Crippen LogP contribution in [0.2, 0.25) is 0 Å². The van der Waals surface area contributed by atoms with Crippen molar-refractivity contribution in [1.29, 1.82) is 0 Å². The molecule has 0 aliphatic rings. The molecule has 3 rings (SSSR count). The maximum Gasteiger partial charge on any atom is 0.189 e. The molecule has 106 valence electrons. The van der Waals surface area contributed by atoms with Gasteiger partial charge in [0.2, 0.25) is 0 Å². The van der Waals surface area contributed by atoms with Crippen LogP contribution in [0.1, 0.15) is 27.4 Å². The van der Waals surface area contributed by atoms with Gasteiger partial charge in [0.1, 0.15) is 22.9 Å². The van der Waals surface area contributed by atoms with Crippen molar-refractivity contribution in [3.63, 3.8) is 0 Å². The molecule has 4 heteroatoms. The van der Waals surface area contributed by atoms with Crippen LogP contribution in [0.5, 0.6) is 5.75 Å². The van der Waals surface area contributed by atoms with Crippen LogP contribution < -0.4 is 0 Å². The smallest absolute Gasteiger partial charge is 0.189 e. The summed E-state index contributed by atoms with van der Waals surface area (Å²) in [7, 11) is 0. The summed E-state index contributed by atoms with van der Waals surface area (Å²) in [5.74, 6) is 0.980. The average Bonchev–Trinajstić information content (AvgIpc) is 3.05. The van der Waals surface area contributed by atoms with Gasteiger partial charge in [-0.1, -0.05) is 0 Å². The number of aryl methyl sites for hydroxylation is 2. The van der Waals surface area contributed by atoms with E-state index in [0.29, 0.717) is 11.3 Å². The van der Waals surface area contributed by atoms with Crippen molar-refractivity contribution in [2.45, 2.75) is 13.8 Å². The third kappa shape index (κ3) is 2.36. The Hall–Kier alpha value is -2.75. The van der Waals surface area contributed by atoms with Crippen LogP contribution in [-0.4, -0.2) is 10.9 Å². The summed E-state index contributed by atoms with van der Waals surface area (Å²) >= 11 is 0. The largest absolute Gasteiger partial charge is 0.507 e. The highest BCUT2D eigenvalue weighted by molar-refractivity contribution is 6.10. The van der Waals surface area contributed by atoms with E-state index in [2.05, 4.69) is 0 Å². The Morgan fingerprint density at radius 3 is 2.81 bits per heavy atom. The topological polar surface area (TPSA) is 63.6 Å². The summed E-state index contributed by atoms with van der Waals surface area (Å²) in [6.07, 6.45) is 4.48. The van der Waals surface area contributed by atoms with E-state index in [0.717, 1.165) is 16.7 Å². The zero-order valence-corrected chi connectivity index (χ0v) is 11.7. The van der Waals surface area contributed by atoms with Crippen LogP contribution in [0.3, 0.4) is 0 Å². The molecule has 21 heavy (non-hydrogen) atoms. The number of carbonyl (C=O) groups is 1. The van der Waals surface area contributed by atoms with Gasteiger partial charge in [-0.2, -0.15) is 0 Å². The van der Waals surface area contributed by atoms with E-state index in [1.807, 2.05) is 13.8 Å². The Morgan fingerprint density at radius 2 is 2.10 bits per heavy atom. The minimum atomic E-state index is -0.288. The molecule has 0 fully saturated rings. The predicted octanol–water partition coefficient (Wildman–Crippen LogP) is 4.24. The SMILES string of the molecule is Cc1oc2cc(O)c(C(=O)/C=C/c3ccco3)cc2c1C. The van der Waals surface area contributed by atoms with E-state index >= 15 is 0 Å². The Labute approximate surface area is 121 Å². The number of hydrogen-bond acceptors (Lipinski definition) is 4. The predicted molar refractivity (Wildman–Crippen MR) is 79.4 cm³/mol. The number of benzene rings is 1. The van der Waals surface area contributed by atoms with Crippen molar-refractivity contribution in [1.82, 2.24) is 0 Å². The average molecular weight is 282 g/mol. The van der Waals surface area contributed by atoms with Crippen molar-refractivity contribution in [3.8, 4) is 5.75 Å². The molecule has 2 aromatic heterocycles. The molecular weight excluding hydrogens is 268 g/mol. The molecule has 0 aliphatic heterocycles. The van der Waals surface area contributed by atoms with Gasteiger partial charge in [-0.15, -0.1) is 0 Å². The number of furan rings is 2. The lowest BCUT2D eigenvalue weighted by atomic mass is 10.0. The second-order valence-electron chi connectivity index (χ2n) is 4.86. The standard InChI is InChI=1S/C17H14O4/c1-10-11(2)21-17-9-16(19)14(8-13(10)17)15(18)6-5-12-4-3-7-20-12/h3-9,19H,1-2H3/b6-5+. The summed E-state index contributed by atoms with van der Waals surface area (Å²) in [5, 5.41) is 10.8. The Bertz CT molecular complexity index is 835. The maximum atomic E-state index is 12.2. The first-order valence-corrected chi connectivity index (χ1v) is 6.55. The number of aromatic hydroxyl groups is 1. The van der Waals surface area contributed by atoms with Gasteiger partial charge >= 0.3 is 0 Å². The molecule has 0 spiro atoms. The number of phenolic OH excluding ortho intramolecular Hbond substituents is 1. The van der Waals surface area contributed by atoms with Gasteiger partial charge in [0.25, 0.3) is 0 Å². The molecule has 1 aromatic carbocycles. The molecule has 0 bridgehead atoms. The van der Waals surface area contributed by atoms with Crippen molar-refractivity contribution in [2.24, 2.45) is 0 Å². The van der Waals surface area contributed by atoms with Gasteiger partial charge < -0.3 is 13.9 Å². The molecule has 0 saturated heterocycles. The highest BCUT2D eigenvalue weighted by Crippen LogP contribution is 2.31. The van der Waals surface area contributed by atoms with Crippen molar-refractivity contribution in [3.05, 3.63) is 59.3 Å². The lowest BCUT2D eigenvalue weighted by molar-refractivity contribution is 0.104. The van der Waals surface area contributed by atoms with Crippen molar-refractivity contribution in [2.75, 3.05) is 0 Å². The number of hydrogen-bond donors (Lipinski definition) is 1. The maximum absolute atomic E-state index is 12.2. The second-order valence-corrected chi connectivity index (χ2v) is 4.86. The van der Waals surface area contributed by atoms with E-state index < -0.39 is 0 Å². The molecule has 0 saturated carbocycles. The quantitative estimate of drug-likeness (QED) is 0.576. The fraction of sp³-hybridized carbons (Fsp3) is 0.118. The minimum absolute atomic E-state index is 0.0923. The number of ketones is 1. The fourth-order valence-electron chi connectivity index (χ4n) is 2.21. The van der Waals surface area contributed by atoms with Crippen LogP contribution in [0.25, 0.3) is 17.0 Å². The summed E-state index contributed by atoms with van der Waals surface area (Å²) < 4.78 is 10.7. The van der Waals surface area contributed by atoms with Crippen molar-refractivity contribution < 1.29 is 18.7 Å². The molecule has 3 aromatic rings. The first-order chi connectivity index (χ1) is 10.1. The fourth-order valence-corrected chi connectivity index (χ4v) is 2.21. The second kappa shape index (κ2) is 4.98. The Balaban J connectivity index is 2.01. The number of carbonyl (C=O) groups excluding carboxylic acids is 1. The molecule has 2 heterocycles. The van der Waals surface area contributed by atoms with Gasteiger partial charge in [-0.05, 0) is 49.8 Å². The Kier molecular flexibility index (Phi) is 3.14. The Morgan fingerprint density at radius 1 is 1.29 bits per heavy atom. The van der Waals surface area contributed by atoms with Crippen LogP contribution in [0.4, 0.5) is 0 Å². The van der Waals surface area contributed by atoms with E-state index in [1.54, 1.807) is 24.3 Å². The van der Waals surface area contributed by atoms with Gasteiger partial charge in [-0.25, -0.2) is 0 Å². The number of allylic oxidation sites excluding steroid dienone is 1. The normalized spacial score (nSPS) is 11.5. The highest BCUT2D eigenvalue weighted by atomic mass is 16.3. The summed E-state index contributed by atoms with van der Waals surface area (Å²) in [6.45, 7) is 3.77. The molecular formula is C17H14O4. The summed E-state index contributed by atoms with van der Waals surface area (Å²) in [6, 6.07) is 6.62. The molecule has 0 aliphatic carbocycles. The van der Waals surface area contributed by atoms with Crippen LogP contribution >= 0.6 is 0 Å². The summed E-state index contributed by atoms with van der Waals surface area (Å²) in [5.41, 5.74) is 1.79. The lowest BCUT2D eigenvalue weighted by Crippen LogP contribution is -1.94. The monoisotopic (exact) mass is 282 g/mol. The molecule has 0 unspecified atom stereocenters. The third-order valence-electron chi connectivity index (χ3n) is 3.50. The van der Waals surface area contributed by atoms with Gasteiger partial charge in [0.05, 0.1) is 11.8 Å². The van der Waals surface area contributed by atoms with E-state index in [4.69, 9.17) is 8.83 Å². The van der Waals surface area contributed by atoms with Crippen LogP contribution in [0, 0.1) is 13.8 Å². The van der Waals surface area contributed by atoms with E-state index in [9.17, 15) is 9.90 Å². The summed E-state index contributed by atoms with van der Waals surface area (Å²) in [4.78, 5) is 12.2. The van der Waals surface area contributed by atoms with Crippen LogP contribution in [0.15, 0.2) is 45.4 Å². The van der Waals surface area contributed by atoms with Gasteiger partial charge in [0.15, 0.2) is 5.78 Å². The number of fused-ring (bicyclic) bond motifs is 1. The number of rotatable bonds is 3. The minimum Gasteiger partial charge on any atom is -0.507 e. The highest BCUT2D eigenvalue weighted by Gasteiger charge is 2.14. The van der Waals surface area contributed by atoms with Gasteiger partial charge in [-0.3, -0.25) is 4.79 Å². The zero-order valence-electron chi connectivity index (χ0n) is 11.7. The molecule has 4 nitrogen and oxygen atoms in total. The first-order valence-electron chi connectivity index (χ1n) is 6.55. The van der Waals surface area contributed by atoms with E-state index in [-0.39, 0.29) is 17.1 Å². The molecule has 0 atom stereocenters. The molecule has 1 N–H and O–H groups in total. The first kappa shape index (κ1) is 13.2. The zero-order chi connectivity index (χ0) is 15.0. The molecule has 0 radical (unpaired) electrons. The third-order valence-corrected chi connectivity index (χ3v) is 3.50. The molecule has 0 amide bonds. The number of phenols is 1.